The number of ketones is 1. The smallest absolute Gasteiger partial charge is 0.261 e. The molecule has 0 atom stereocenters. The average Bonchev–Trinajstić information content (AvgIpc) is 3.05. The quantitative estimate of drug-likeness (QED) is 0.738. The third-order valence-corrected chi connectivity index (χ3v) is 3.45. The monoisotopic (exact) mass is 324 g/mol. The average molecular weight is 324 g/mol. The van der Waals surface area contributed by atoms with Crippen LogP contribution in [0.2, 0.25) is 0 Å². The second-order valence-electron chi connectivity index (χ2n) is 5.17. The standard InChI is InChI=1S/C18H13FN2O3/c1-11(22)13-3-2-4-15(9-13)21-18(23)16-10-20-24-17(16)12-5-7-14(19)8-6-12/h2-10H,1H3,(H,21,23). The Morgan fingerprint density at radius 2 is 1.88 bits per heavy atom. The van der Waals surface area contributed by atoms with Gasteiger partial charge in [0, 0.05) is 16.8 Å². The molecule has 2 aromatic carbocycles. The molecule has 1 aromatic heterocycles. The van der Waals surface area contributed by atoms with Gasteiger partial charge in [0.15, 0.2) is 11.5 Å². The van der Waals surface area contributed by atoms with Crippen molar-refractivity contribution < 1.29 is 18.5 Å². The summed E-state index contributed by atoms with van der Waals surface area (Å²) in [7, 11) is 0. The van der Waals surface area contributed by atoms with E-state index in [0.717, 1.165) is 0 Å². The Hall–Kier alpha value is -3.28. The number of aromatic nitrogens is 1. The number of hydrogen-bond acceptors (Lipinski definition) is 4. The summed E-state index contributed by atoms with van der Waals surface area (Å²) in [4.78, 5) is 23.9. The van der Waals surface area contributed by atoms with E-state index in [1.54, 1.807) is 24.3 Å². The molecule has 24 heavy (non-hydrogen) atoms. The van der Waals surface area contributed by atoms with Gasteiger partial charge in [0.25, 0.3) is 5.91 Å². The maximum Gasteiger partial charge on any atom is 0.261 e. The number of anilines is 1. The third-order valence-electron chi connectivity index (χ3n) is 3.45. The normalized spacial score (nSPS) is 10.4. The van der Waals surface area contributed by atoms with Crippen molar-refractivity contribution in [3.63, 3.8) is 0 Å². The van der Waals surface area contributed by atoms with Crippen molar-refractivity contribution in [2.45, 2.75) is 6.92 Å². The van der Waals surface area contributed by atoms with Gasteiger partial charge in [-0.1, -0.05) is 17.3 Å². The maximum absolute atomic E-state index is 13.0. The summed E-state index contributed by atoms with van der Waals surface area (Å²) in [5, 5.41) is 6.34. The molecule has 0 saturated heterocycles. The van der Waals surface area contributed by atoms with Crippen molar-refractivity contribution in [1.29, 1.82) is 0 Å². The SMILES string of the molecule is CC(=O)c1cccc(NC(=O)c2cnoc2-c2ccc(F)cc2)c1. The molecule has 1 amide bonds. The lowest BCUT2D eigenvalue weighted by atomic mass is 10.1. The molecule has 0 radical (unpaired) electrons. The van der Waals surface area contributed by atoms with Gasteiger partial charge in [-0.15, -0.1) is 0 Å². The molecule has 0 spiro atoms. The molecule has 0 saturated carbocycles. The van der Waals surface area contributed by atoms with E-state index >= 15 is 0 Å². The molecule has 3 rings (SSSR count). The lowest BCUT2D eigenvalue weighted by molar-refractivity contribution is 0.101. The molecule has 0 fully saturated rings. The van der Waals surface area contributed by atoms with Gasteiger partial charge in [0.2, 0.25) is 0 Å². The molecule has 0 bridgehead atoms. The van der Waals surface area contributed by atoms with Crippen LogP contribution in [0.25, 0.3) is 11.3 Å². The highest BCUT2D eigenvalue weighted by Gasteiger charge is 2.18. The molecule has 5 nitrogen and oxygen atoms in total. The van der Waals surface area contributed by atoms with Gasteiger partial charge < -0.3 is 9.84 Å². The number of Topliss-reactive ketones (excluding diaryl/α,β-unsaturated/α-hetero) is 1. The van der Waals surface area contributed by atoms with Crippen LogP contribution in [0, 0.1) is 5.82 Å². The minimum atomic E-state index is -0.434. The van der Waals surface area contributed by atoms with Crippen LogP contribution >= 0.6 is 0 Å². The number of nitrogens with one attached hydrogen (secondary N) is 1. The summed E-state index contributed by atoms with van der Waals surface area (Å²) in [5.74, 6) is -0.667. The zero-order chi connectivity index (χ0) is 17.1. The van der Waals surface area contributed by atoms with Crippen LogP contribution in [-0.4, -0.2) is 16.8 Å². The van der Waals surface area contributed by atoms with Crippen LogP contribution in [0.3, 0.4) is 0 Å². The van der Waals surface area contributed by atoms with E-state index in [1.807, 2.05) is 0 Å². The van der Waals surface area contributed by atoms with Gasteiger partial charge in [0.05, 0.1) is 6.20 Å². The van der Waals surface area contributed by atoms with E-state index < -0.39 is 5.91 Å². The number of nitrogens with zero attached hydrogens (tertiary/aromatic N) is 1. The van der Waals surface area contributed by atoms with Crippen molar-refractivity contribution in [1.82, 2.24) is 5.16 Å². The number of rotatable bonds is 4. The highest BCUT2D eigenvalue weighted by atomic mass is 19.1. The van der Waals surface area contributed by atoms with E-state index in [9.17, 15) is 14.0 Å². The molecule has 1 heterocycles. The summed E-state index contributed by atoms with van der Waals surface area (Å²) < 4.78 is 18.1. The Bertz CT molecular complexity index is 901. The van der Waals surface area contributed by atoms with Gasteiger partial charge in [-0.3, -0.25) is 9.59 Å². The summed E-state index contributed by atoms with van der Waals surface area (Å²) >= 11 is 0. The lowest BCUT2D eigenvalue weighted by Crippen LogP contribution is -2.12. The number of amides is 1. The largest absolute Gasteiger partial charge is 0.355 e. The minimum Gasteiger partial charge on any atom is -0.355 e. The third kappa shape index (κ3) is 3.22. The summed E-state index contributed by atoms with van der Waals surface area (Å²) in [6, 6.07) is 12.2. The number of hydrogen-bond donors (Lipinski definition) is 1. The van der Waals surface area contributed by atoms with Gasteiger partial charge >= 0.3 is 0 Å². The van der Waals surface area contributed by atoms with Crippen molar-refractivity contribution in [3.05, 3.63) is 71.7 Å². The van der Waals surface area contributed by atoms with Gasteiger partial charge in [-0.25, -0.2) is 4.39 Å². The Morgan fingerprint density at radius 3 is 2.58 bits per heavy atom. The van der Waals surface area contributed by atoms with Gasteiger partial charge in [-0.05, 0) is 43.3 Å². The van der Waals surface area contributed by atoms with Crippen LogP contribution in [0.5, 0.6) is 0 Å². The Kier molecular flexibility index (Phi) is 4.20. The van der Waals surface area contributed by atoms with Crippen LogP contribution in [0.4, 0.5) is 10.1 Å². The van der Waals surface area contributed by atoms with Crippen molar-refractivity contribution in [2.75, 3.05) is 5.32 Å². The van der Waals surface area contributed by atoms with Gasteiger partial charge in [0.1, 0.15) is 11.4 Å². The number of carbonyl (C=O) groups is 2. The molecule has 6 heteroatoms. The summed E-state index contributed by atoms with van der Waals surface area (Å²) in [6.45, 7) is 1.45. The van der Waals surface area contributed by atoms with E-state index in [4.69, 9.17) is 4.52 Å². The van der Waals surface area contributed by atoms with Crippen LogP contribution in [0.1, 0.15) is 27.6 Å². The predicted molar refractivity (Wildman–Crippen MR) is 86.3 cm³/mol. The zero-order valence-electron chi connectivity index (χ0n) is 12.7. The van der Waals surface area contributed by atoms with Crippen LogP contribution in [-0.2, 0) is 0 Å². The van der Waals surface area contributed by atoms with Crippen molar-refractivity contribution in [2.24, 2.45) is 0 Å². The first-order chi connectivity index (χ1) is 11.5. The first kappa shape index (κ1) is 15.6. The van der Waals surface area contributed by atoms with Crippen LogP contribution in [0.15, 0.2) is 59.3 Å². The second kappa shape index (κ2) is 6.45. The highest BCUT2D eigenvalue weighted by Crippen LogP contribution is 2.24. The lowest BCUT2D eigenvalue weighted by Gasteiger charge is -2.06. The molecule has 0 aliphatic carbocycles. The van der Waals surface area contributed by atoms with E-state index in [1.165, 1.54) is 37.4 Å². The molecular weight excluding hydrogens is 311 g/mol. The fraction of sp³-hybridized carbons (Fsp3) is 0.0556. The number of benzene rings is 2. The Labute approximate surface area is 137 Å². The molecular formula is C18H13FN2O3. The molecule has 1 N–H and O–H groups in total. The molecule has 120 valence electrons. The molecule has 0 unspecified atom stereocenters. The summed E-state index contributed by atoms with van der Waals surface area (Å²) in [5.41, 5.74) is 1.74. The second-order valence-corrected chi connectivity index (χ2v) is 5.17. The van der Waals surface area contributed by atoms with E-state index in [2.05, 4.69) is 10.5 Å². The Balaban J connectivity index is 1.86. The van der Waals surface area contributed by atoms with Crippen molar-refractivity contribution >= 4 is 17.4 Å². The predicted octanol–water partition coefficient (Wildman–Crippen LogP) is 3.94. The topological polar surface area (TPSA) is 72.2 Å². The molecule has 3 aromatic rings. The number of carbonyl (C=O) groups excluding carboxylic acids is 2. The fourth-order valence-corrected chi connectivity index (χ4v) is 2.23. The maximum atomic E-state index is 13.0. The Morgan fingerprint density at radius 1 is 1.12 bits per heavy atom. The zero-order valence-corrected chi connectivity index (χ0v) is 12.7. The van der Waals surface area contributed by atoms with E-state index in [-0.39, 0.29) is 22.9 Å². The number of halogens is 1. The fourth-order valence-electron chi connectivity index (χ4n) is 2.23. The van der Waals surface area contributed by atoms with Crippen molar-refractivity contribution in [3.8, 4) is 11.3 Å². The van der Waals surface area contributed by atoms with Crippen LogP contribution < -0.4 is 5.32 Å². The highest BCUT2D eigenvalue weighted by molar-refractivity contribution is 6.08. The van der Waals surface area contributed by atoms with Gasteiger partial charge in [-0.2, -0.15) is 0 Å². The summed E-state index contributed by atoms with van der Waals surface area (Å²) in [6.07, 6.45) is 1.29. The van der Waals surface area contributed by atoms with E-state index in [0.29, 0.717) is 16.8 Å². The minimum absolute atomic E-state index is 0.0944. The first-order valence-corrected chi connectivity index (χ1v) is 7.17. The molecule has 0 aliphatic rings. The first-order valence-electron chi connectivity index (χ1n) is 7.17. The molecule has 0 aliphatic heterocycles.